The van der Waals surface area contributed by atoms with Crippen molar-refractivity contribution in [1.29, 1.82) is 0 Å². The van der Waals surface area contributed by atoms with E-state index in [1.54, 1.807) is 7.11 Å². The third-order valence-corrected chi connectivity index (χ3v) is 6.55. The van der Waals surface area contributed by atoms with Crippen molar-refractivity contribution in [3.8, 4) is 11.3 Å². The van der Waals surface area contributed by atoms with Crippen molar-refractivity contribution in [2.45, 2.75) is 44.9 Å². The minimum Gasteiger partial charge on any atom is -0.389 e. The van der Waals surface area contributed by atoms with Crippen LogP contribution in [0.5, 0.6) is 0 Å². The first-order valence-corrected chi connectivity index (χ1v) is 13.0. The Balaban J connectivity index is 1.48. The molecule has 3 aromatic rings. The molecule has 0 aliphatic carbocycles. The second-order valence-electron chi connectivity index (χ2n) is 9.46. The molecule has 1 N–H and O–H groups in total. The lowest BCUT2D eigenvalue weighted by molar-refractivity contribution is 0.00740. The van der Waals surface area contributed by atoms with Gasteiger partial charge in [0.1, 0.15) is 5.69 Å². The van der Waals surface area contributed by atoms with Gasteiger partial charge in [0.05, 0.1) is 24.9 Å². The van der Waals surface area contributed by atoms with Crippen LogP contribution in [-0.4, -0.2) is 67.8 Å². The molecule has 0 amide bonds. The van der Waals surface area contributed by atoms with E-state index in [0.717, 1.165) is 67.2 Å². The van der Waals surface area contributed by atoms with E-state index < -0.39 is 6.10 Å². The highest BCUT2D eigenvalue weighted by Crippen LogP contribution is 2.34. The number of piperidine rings is 1. The smallest absolute Gasteiger partial charge is 0.232 e. The number of hydrogen-bond acceptors (Lipinski definition) is 7. The Kier molecular flexibility index (Phi) is 10.3. The molecule has 194 valence electrons. The van der Waals surface area contributed by atoms with Crippen molar-refractivity contribution in [3.63, 3.8) is 0 Å². The second kappa shape index (κ2) is 14.1. The van der Waals surface area contributed by atoms with Crippen molar-refractivity contribution in [2.24, 2.45) is 0 Å². The SMILES string of the molecule is COCCCN(Cc1c(-c2ccccc2)noc1N1CCCCC1)C[C@H](O)COCc1ccccc1. The molecule has 0 saturated carbocycles. The third-order valence-electron chi connectivity index (χ3n) is 6.55. The van der Waals surface area contributed by atoms with Gasteiger partial charge in [-0.2, -0.15) is 0 Å². The molecule has 2 aromatic carbocycles. The fraction of sp³-hybridized carbons (Fsp3) is 0.483. The van der Waals surface area contributed by atoms with E-state index in [1.165, 1.54) is 6.42 Å². The number of anilines is 1. The van der Waals surface area contributed by atoms with Gasteiger partial charge in [0.25, 0.3) is 0 Å². The normalized spacial score (nSPS) is 14.9. The van der Waals surface area contributed by atoms with Gasteiger partial charge in [-0.25, -0.2) is 0 Å². The van der Waals surface area contributed by atoms with Gasteiger partial charge in [-0.1, -0.05) is 65.8 Å². The number of hydrogen-bond donors (Lipinski definition) is 1. The molecule has 4 rings (SSSR count). The summed E-state index contributed by atoms with van der Waals surface area (Å²) in [6, 6.07) is 20.3. The van der Waals surface area contributed by atoms with Crippen molar-refractivity contribution >= 4 is 5.88 Å². The number of aromatic nitrogens is 1. The van der Waals surface area contributed by atoms with Crippen LogP contribution in [0.25, 0.3) is 11.3 Å². The summed E-state index contributed by atoms with van der Waals surface area (Å²) in [5.74, 6) is 0.861. The van der Waals surface area contributed by atoms with E-state index in [2.05, 4.69) is 27.1 Å². The maximum atomic E-state index is 10.8. The lowest BCUT2D eigenvalue weighted by atomic mass is 10.1. The Morgan fingerprint density at radius 2 is 1.75 bits per heavy atom. The average molecular weight is 494 g/mol. The average Bonchev–Trinajstić information content (AvgIpc) is 3.34. The summed E-state index contributed by atoms with van der Waals surface area (Å²) in [5, 5.41) is 15.4. The van der Waals surface area contributed by atoms with Gasteiger partial charge in [-0.3, -0.25) is 4.90 Å². The van der Waals surface area contributed by atoms with Crippen LogP contribution in [0.3, 0.4) is 0 Å². The number of rotatable bonds is 14. The van der Waals surface area contributed by atoms with Gasteiger partial charge in [-0.05, 0) is 31.2 Å². The molecule has 7 heteroatoms. The van der Waals surface area contributed by atoms with Crippen LogP contribution in [0.15, 0.2) is 65.2 Å². The quantitative estimate of drug-likeness (QED) is 0.325. The van der Waals surface area contributed by atoms with Gasteiger partial charge in [-0.15, -0.1) is 0 Å². The van der Waals surface area contributed by atoms with Crippen molar-refractivity contribution in [3.05, 3.63) is 71.8 Å². The van der Waals surface area contributed by atoms with Gasteiger partial charge in [0.2, 0.25) is 5.88 Å². The number of ether oxygens (including phenoxy) is 2. The predicted molar refractivity (Wildman–Crippen MR) is 142 cm³/mol. The third kappa shape index (κ3) is 7.64. The van der Waals surface area contributed by atoms with Crippen LogP contribution >= 0.6 is 0 Å². The van der Waals surface area contributed by atoms with Crippen LogP contribution in [0.1, 0.15) is 36.8 Å². The molecule has 2 heterocycles. The molecular formula is C29H39N3O4. The first-order valence-electron chi connectivity index (χ1n) is 13.0. The molecule has 1 aromatic heterocycles. The maximum absolute atomic E-state index is 10.8. The van der Waals surface area contributed by atoms with Crippen LogP contribution in [0.4, 0.5) is 5.88 Å². The van der Waals surface area contributed by atoms with Gasteiger partial charge in [0, 0.05) is 52.0 Å². The van der Waals surface area contributed by atoms with Crippen molar-refractivity contribution in [1.82, 2.24) is 10.1 Å². The largest absolute Gasteiger partial charge is 0.389 e. The number of aliphatic hydroxyl groups is 1. The lowest BCUT2D eigenvalue weighted by Crippen LogP contribution is -2.36. The molecule has 7 nitrogen and oxygen atoms in total. The summed E-state index contributed by atoms with van der Waals surface area (Å²) in [6.45, 7) is 5.34. The van der Waals surface area contributed by atoms with Crippen LogP contribution in [0.2, 0.25) is 0 Å². The monoisotopic (exact) mass is 493 g/mol. The van der Waals surface area contributed by atoms with Gasteiger partial charge >= 0.3 is 0 Å². The zero-order chi connectivity index (χ0) is 25.0. The highest BCUT2D eigenvalue weighted by Gasteiger charge is 2.26. The molecular weight excluding hydrogens is 454 g/mol. The van der Waals surface area contributed by atoms with Gasteiger partial charge in [0.15, 0.2) is 0 Å². The highest BCUT2D eigenvalue weighted by atomic mass is 16.5. The standard InChI is InChI=1S/C29H39N3O4/c1-34-19-11-16-31(20-26(33)23-35-22-24-12-5-2-6-13-24)21-27-28(25-14-7-3-8-15-25)30-36-29(27)32-17-9-4-10-18-32/h2-3,5-8,12-15,26,33H,4,9-11,16-23H2,1H3/t26-/m0/s1. The number of aliphatic hydroxyl groups excluding tert-OH is 1. The molecule has 0 unspecified atom stereocenters. The Hall–Kier alpha value is -2.71. The zero-order valence-corrected chi connectivity index (χ0v) is 21.3. The van der Waals surface area contributed by atoms with E-state index in [9.17, 15) is 5.11 Å². The number of benzene rings is 2. The summed E-state index contributed by atoms with van der Waals surface area (Å²) < 4.78 is 17.1. The summed E-state index contributed by atoms with van der Waals surface area (Å²) in [6.07, 6.45) is 3.85. The van der Waals surface area contributed by atoms with Gasteiger partial charge < -0.3 is 24.0 Å². The molecule has 1 fully saturated rings. The van der Waals surface area contributed by atoms with Crippen LogP contribution < -0.4 is 4.90 Å². The van der Waals surface area contributed by atoms with E-state index in [0.29, 0.717) is 26.3 Å². The molecule has 1 aliphatic rings. The fourth-order valence-corrected chi connectivity index (χ4v) is 4.74. The number of methoxy groups -OCH3 is 1. The second-order valence-corrected chi connectivity index (χ2v) is 9.46. The van der Waals surface area contributed by atoms with Crippen molar-refractivity contribution in [2.75, 3.05) is 51.4 Å². The molecule has 1 saturated heterocycles. The van der Waals surface area contributed by atoms with E-state index in [-0.39, 0.29) is 6.61 Å². The summed E-state index contributed by atoms with van der Waals surface area (Å²) >= 11 is 0. The Labute approximate surface area is 214 Å². The van der Waals surface area contributed by atoms with E-state index in [1.807, 2.05) is 48.5 Å². The van der Waals surface area contributed by atoms with E-state index in [4.69, 9.17) is 14.0 Å². The summed E-state index contributed by atoms with van der Waals surface area (Å²) in [4.78, 5) is 4.59. The van der Waals surface area contributed by atoms with E-state index >= 15 is 0 Å². The fourth-order valence-electron chi connectivity index (χ4n) is 4.74. The minimum atomic E-state index is -0.602. The molecule has 1 aliphatic heterocycles. The Morgan fingerprint density at radius 3 is 2.47 bits per heavy atom. The van der Waals surface area contributed by atoms with Crippen LogP contribution in [0, 0.1) is 0 Å². The first-order chi connectivity index (χ1) is 17.7. The highest BCUT2D eigenvalue weighted by molar-refractivity contribution is 5.68. The van der Waals surface area contributed by atoms with Crippen LogP contribution in [-0.2, 0) is 22.6 Å². The lowest BCUT2D eigenvalue weighted by Gasteiger charge is -2.29. The molecule has 0 spiro atoms. The zero-order valence-electron chi connectivity index (χ0n) is 21.3. The first kappa shape index (κ1) is 26.4. The molecule has 0 radical (unpaired) electrons. The minimum absolute atomic E-state index is 0.282. The predicted octanol–water partition coefficient (Wildman–Crippen LogP) is 4.75. The van der Waals surface area contributed by atoms with Crippen molar-refractivity contribution < 1.29 is 19.1 Å². The molecule has 1 atom stereocenters. The molecule has 36 heavy (non-hydrogen) atoms. The summed E-state index contributed by atoms with van der Waals surface area (Å²) in [7, 11) is 1.72. The Morgan fingerprint density at radius 1 is 1.03 bits per heavy atom. The topological polar surface area (TPSA) is 71.2 Å². The Bertz CT molecular complexity index is 1010. The maximum Gasteiger partial charge on any atom is 0.232 e. The summed E-state index contributed by atoms with van der Waals surface area (Å²) in [5.41, 5.74) is 4.11. The number of nitrogens with zero attached hydrogens (tertiary/aromatic N) is 3. The molecule has 0 bridgehead atoms.